The molecular formula is C11H15BrN4O. The van der Waals surface area contributed by atoms with E-state index in [-0.39, 0.29) is 6.04 Å². The highest BCUT2D eigenvalue weighted by molar-refractivity contribution is 9.10. The van der Waals surface area contributed by atoms with Crippen LogP contribution in [0.5, 0.6) is 0 Å². The molecule has 2 heterocycles. The van der Waals surface area contributed by atoms with E-state index in [0.29, 0.717) is 0 Å². The van der Waals surface area contributed by atoms with Gasteiger partial charge in [-0.25, -0.2) is 4.68 Å². The summed E-state index contributed by atoms with van der Waals surface area (Å²) in [5.41, 5.74) is 2.09. The highest BCUT2D eigenvalue weighted by atomic mass is 79.9. The molecule has 2 aromatic rings. The van der Waals surface area contributed by atoms with E-state index in [1.807, 2.05) is 34.0 Å². The summed E-state index contributed by atoms with van der Waals surface area (Å²) >= 11 is 3.42. The van der Waals surface area contributed by atoms with Crippen molar-refractivity contribution in [3.05, 3.63) is 33.4 Å². The van der Waals surface area contributed by atoms with Crippen molar-refractivity contribution >= 4 is 15.9 Å². The quantitative estimate of drug-likeness (QED) is 0.943. The van der Waals surface area contributed by atoms with Crippen LogP contribution in [0.2, 0.25) is 0 Å². The third-order valence-electron chi connectivity index (χ3n) is 2.78. The van der Waals surface area contributed by atoms with Crippen molar-refractivity contribution in [3.63, 3.8) is 0 Å². The minimum Gasteiger partial charge on any atom is -0.466 e. The van der Waals surface area contributed by atoms with E-state index in [9.17, 15) is 0 Å². The molecule has 0 aliphatic rings. The van der Waals surface area contributed by atoms with E-state index in [1.54, 1.807) is 4.68 Å². The van der Waals surface area contributed by atoms with E-state index in [1.165, 1.54) is 0 Å². The molecule has 5 nitrogen and oxygen atoms in total. The Bertz CT molecular complexity index is 512. The zero-order valence-electron chi connectivity index (χ0n) is 10.3. The number of furan rings is 1. The number of rotatable bonds is 3. The predicted molar refractivity (Wildman–Crippen MR) is 67.8 cm³/mol. The number of nitrogens with one attached hydrogen (secondary N) is 1. The molecule has 0 bridgehead atoms. The second-order valence-corrected chi connectivity index (χ2v) is 4.73. The van der Waals surface area contributed by atoms with Gasteiger partial charge in [0.05, 0.1) is 11.7 Å². The first-order chi connectivity index (χ1) is 8.04. The van der Waals surface area contributed by atoms with E-state index >= 15 is 0 Å². The van der Waals surface area contributed by atoms with Crippen LogP contribution in [0.3, 0.4) is 0 Å². The Morgan fingerprint density at radius 2 is 2.18 bits per heavy atom. The summed E-state index contributed by atoms with van der Waals surface area (Å²) < 4.78 is 8.07. The number of halogens is 1. The number of nitrogens with zero attached hydrogens (tertiary/aromatic N) is 3. The van der Waals surface area contributed by atoms with Crippen LogP contribution in [-0.4, -0.2) is 22.0 Å². The van der Waals surface area contributed by atoms with Gasteiger partial charge in [-0.05, 0) is 42.9 Å². The molecule has 0 amide bonds. The van der Waals surface area contributed by atoms with E-state index in [4.69, 9.17) is 4.42 Å². The maximum absolute atomic E-state index is 5.57. The fourth-order valence-electron chi connectivity index (χ4n) is 2.02. The molecule has 0 fully saturated rings. The van der Waals surface area contributed by atoms with E-state index in [0.717, 1.165) is 27.4 Å². The van der Waals surface area contributed by atoms with Gasteiger partial charge in [0.2, 0.25) is 0 Å². The van der Waals surface area contributed by atoms with Crippen LogP contribution in [0.1, 0.15) is 28.8 Å². The normalized spacial score (nSPS) is 13.0. The first-order valence-corrected chi connectivity index (χ1v) is 6.13. The van der Waals surface area contributed by atoms with Crippen molar-refractivity contribution in [1.29, 1.82) is 0 Å². The summed E-state index contributed by atoms with van der Waals surface area (Å²) in [5.74, 6) is 1.82. The Balaban J connectivity index is 2.51. The third-order valence-corrected chi connectivity index (χ3v) is 3.34. The van der Waals surface area contributed by atoms with Gasteiger partial charge < -0.3 is 9.73 Å². The fourth-order valence-corrected chi connectivity index (χ4v) is 2.58. The molecule has 0 aromatic carbocycles. The van der Waals surface area contributed by atoms with Gasteiger partial charge in [0.25, 0.3) is 0 Å². The summed E-state index contributed by atoms with van der Waals surface area (Å²) in [7, 11) is 3.78. The lowest BCUT2D eigenvalue weighted by atomic mass is 10.1. The van der Waals surface area contributed by atoms with Crippen LogP contribution >= 0.6 is 15.9 Å². The monoisotopic (exact) mass is 298 g/mol. The Morgan fingerprint density at radius 1 is 1.47 bits per heavy atom. The van der Waals surface area contributed by atoms with Gasteiger partial charge in [-0.3, -0.25) is 0 Å². The third kappa shape index (κ3) is 2.14. The molecule has 92 valence electrons. The van der Waals surface area contributed by atoms with Crippen LogP contribution in [-0.2, 0) is 7.05 Å². The van der Waals surface area contributed by atoms with E-state index in [2.05, 4.69) is 31.6 Å². The lowest BCUT2D eigenvalue weighted by Crippen LogP contribution is -2.21. The average molecular weight is 299 g/mol. The highest BCUT2D eigenvalue weighted by Crippen LogP contribution is 2.30. The zero-order valence-corrected chi connectivity index (χ0v) is 11.9. The molecule has 0 aliphatic heterocycles. The second kappa shape index (κ2) is 4.62. The lowest BCUT2D eigenvalue weighted by Gasteiger charge is -2.15. The van der Waals surface area contributed by atoms with Crippen molar-refractivity contribution in [2.24, 2.45) is 7.05 Å². The topological polar surface area (TPSA) is 55.9 Å². The van der Waals surface area contributed by atoms with Gasteiger partial charge in [-0.2, -0.15) is 0 Å². The zero-order chi connectivity index (χ0) is 12.6. The van der Waals surface area contributed by atoms with Crippen molar-refractivity contribution < 1.29 is 4.42 Å². The Kier molecular flexibility index (Phi) is 3.35. The van der Waals surface area contributed by atoms with Gasteiger partial charge in [0.15, 0.2) is 4.60 Å². The molecule has 1 atom stereocenters. The molecule has 1 N–H and O–H groups in total. The van der Waals surface area contributed by atoms with Crippen molar-refractivity contribution in [2.45, 2.75) is 19.9 Å². The van der Waals surface area contributed by atoms with Gasteiger partial charge in [-0.1, -0.05) is 5.21 Å². The molecule has 0 aliphatic carbocycles. The van der Waals surface area contributed by atoms with Crippen molar-refractivity contribution in [2.75, 3.05) is 7.05 Å². The number of hydrogen-bond acceptors (Lipinski definition) is 4. The van der Waals surface area contributed by atoms with Gasteiger partial charge in [-0.15, -0.1) is 5.10 Å². The van der Waals surface area contributed by atoms with Gasteiger partial charge in [0.1, 0.15) is 11.5 Å². The maximum atomic E-state index is 5.57. The Hall–Kier alpha value is -1.14. The molecule has 2 aromatic heterocycles. The molecule has 0 saturated heterocycles. The number of aromatic nitrogens is 3. The van der Waals surface area contributed by atoms with Gasteiger partial charge >= 0.3 is 0 Å². The fraction of sp³-hybridized carbons (Fsp3) is 0.455. The molecule has 0 saturated carbocycles. The lowest BCUT2D eigenvalue weighted by molar-refractivity contribution is 0.494. The molecule has 17 heavy (non-hydrogen) atoms. The van der Waals surface area contributed by atoms with Crippen LogP contribution in [0.25, 0.3) is 0 Å². The SMILES string of the molecule is CNC(c1cc(C)oc1C)c1c(Br)nnn1C. The standard InChI is InChI=1S/C11H15BrN4O/c1-6-5-8(7(2)17-6)9(13-3)10-11(12)14-15-16(10)4/h5,9,13H,1-4H3. The Labute approximate surface area is 108 Å². The summed E-state index contributed by atoms with van der Waals surface area (Å²) in [6.07, 6.45) is 0. The smallest absolute Gasteiger partial charge is 0.153 e. The first-order valence-electron chi connectivity index (χ1n) is 5.34. The molecular weight excluding hydrogens is 284 g/mol. The first kappa shape index (κ1) is 12.3. The minimum atomic E-state index is 0.0156. The summed E-state index contributed by atoms with van der Waals surface area (Å²) in [4.78, 5) is 0. The van der Waals surface area contributed by atoms with Crippen LogP contribution < -0.4 is 5.32 Å². The summed E-state index contributed by atoms with van der Waals surface area (Å²) in [6, 6.07) is 2.05. The molecule has 2 rings (SSSR count). The summed E-state index contributed by atoms with van der Waals surface area (Å²) in [6.45, 7) is 3.91. The Morgan fingerprint density at radius 3 is 2.59 bits per heavy atom. The molecule has 0 spiro atoms. The predicted octanol–water partition coefficient (Wildman–Crippen LogP) is 2.10. The maximum Gasteiger partial charge on any atom is 0.153 e. The van der Waals surface area contributed by atoms with Crippen LogP contribution in [0, 0.1) is 13.8 Å². The number of aryl methyl sites for hydroxylation is 3. The van der Waals surface area contributed by atoms with E-state index < -0.39 is 0 Å². The average Bonchev–Trinajstić information content (AvgIpc) is 2.76. The van der Waals surface area contributed by atoms with Gasteiger partial charge in [0, 0.05) is 12.6 Å². The van der Waals surface area contributed by atoms with Crippen LogP contribution in [0.15, 0.2) is 15.1 Å². The largest absolute Gasteiger partial charge is 0.466 e. The minimum absolute atomic E-state index is 0.0156. The highest BCUT2D eigenvalue weighted by Gasteiger charge is 2.23. The molecule has 0 radical (unpaired) electrons. The van der Waals surface area contributed by atoms with Crippen molar-refractivity contribution in [1.82, 2.24) is 20.3 Å². The van der Waals surface area contributed by atoms with Crippen LogP contribution in [0.4, 0.5) is 0 Å². The summed E-state index contributed by atoms with van der Waals surface area (Å²) in [5, 5.41) is 11.3. The molecule has 1 unspecified atom stereocenters. The number of hydrogen-bond donors (Lipinski definition) is 1. The van der Waals surface area contributed by atoms with Crippen molar-refractivity contribution in [3.8, 4) is 0 Å². The molecule has 6 heteroatoms. The second-order valence-electron chi connectivity index (χ2n) is 3.98.